The number of aliphatic hydroxyl groups excluding tert-OH is 1. The molecule has 0 radical (unpaired) electrons. The molecular formula is C12H21N3O3S. The van der Waals surface area contributed by atoms with Crippen LogP contribution in [0.2, 0.25) is 0 Å². The molecule has 1 aliphatic carbocycles. The summed E-state index contributed by atoms with van der Waals surface area (Å²) in [6, 6.07) is 0.325. The predicted octanol–water partition coefficient (Wildman–Crippen LogP) is 0.919. The van der Waals surface area contributed by atoms with Crippen LogP contribution < -0.4 is 0 Å². The minimum Gasteiger partial charge on any atom is -0.395 e. The van der Waals surface area contributed by atoms with Crippen molar-refractivity contribution in [3.05, 3.63) is 11.9 Å². The highest BCUT2D eigenvalue weighted by atomic mass is 32.2. The molecule has 1 aromatic heterocycles. The number of sulfonamides is 1. The van der Waals surface area contributed by atoms with Gasteiger partial charge >= 0.3 is 0 Å². The molecule has 0 aromatic carbocycles. The molecule has 2 rings (SSSR count). The van der Waals surface area contributed by atoms with Crippen LogP contribution in [-0.2, 0) is 10.0 Å². The van der Waals surface area contributed by atoms with Gasteiger partial charge in [0, 0.05) is 19.8 Å². The molecule has 6 nitrogen and oxygen atoms in total. The Morgan fingerprint density at radius 1 is 1.47 bits per heavy atom. The van der Waals surface area contributed by atoms with Gasteiger partial charge in [-0.3, -0.25) is 4.68 Å². The van der Waals surface area contributed by atoms with E-state index in [0.29, 0.717) is 11.7 Å². The van der Waals surface area contributed by atoms with E-state index in [-0.39, 0.29) is 18.0 Å². The highest BCUT2D eigenvalue weighted by Gasteiger charge is 2.27. The molecule has 19 heavy (non-hydrogen) atoms. The lowest BCUT2D eigenvalue weighted by atomic mass is 10.3. The molecule has 108 valence electrons. The zero-order valence-corrected chi connectivity index (χ0v) is 12.2. The molecule has 7 heteroatoms. The van der Waals surface area contributed by atoms with E-state index >= 15 is 0 Å². The highest BCUT2D eigenvalue weighted by molar-refractivity contribution is 7.89. The normalized spacial score (nSPS) is 17.5. The smallest absolute Gasteiger partial charge is 0.246 e. The van der Waals surface area contributed by atoms with Crippen molar-refractivity contribution in [3.8, 4) is 0 Å². The molecule has 0 spiro atoms. The van der Waals surface area contributed by atoms with Crippen LogP contribution in [0.4, 0.5) is 0 Å². The molecule has 0 saturated heterocycles. The van der Waals surface area contributed by atoms with E-state index in [1.165, 1.54) is 19.9 Å². The lowest BCUT2D eigenvalue weighted by molar-refractivity contribution is 0.266. The van der Waals surface area contributed by atoms with Gasteiger partial charge in [-0.2, -0.15) is 9.40 Å². The fourth-order valence-corrected chi connectivity index (χ4v) is 3.82. The van der Waals surface area contributed by atoms with E-state index in [2.05, 4.69) is 5.10 Å². The molecule has 1 saturated carbocycles. The maximum absolute atomic E-state index is 12.3. The summed E-state index contributed by atoms with van der Waals surface area (Å²) in [5, 5.41) is 13.2. The lowest BCUT2D eigenvalue weighted by Gasteiger charge is -2.14. The topological polar surface area (TPSA) is 75.4 Å². The van der Waals surface area contributed by atoms with Crippen molar-refractivity contribution >= 4 is 10.0 Å². The van der Waals surface area contributed by atoms with Crippen LogP contribution in [-0.4, -0.2) is 47.8 Å². The molecule has 1 aromatic rings. The largest absolute Gasteiger partial charge is 0.395 e. The number of hydrogen-bond donors (Lipinski definition) is 1. The summed E-state index contributed by atoms with van der Waals surface area (Å²) in [6.45, 7) is 1.62. The third kappa shape index (κ3) is 2.82. The number of aryl methyl sites for hydroxylation is 1. The summed E-state index contributed by atoms with van der Waals surface area (Å²) < 4.78 is 27.6. The van der Waals surface area contributed by atoms with Crippen molar-refractivity contribution in [2.45, 2.75) is 43.5 Å². The number of nitrogens with zero attached hydrogens (tertiary/aromatic N) is 3. The number of likely N-dealkylation sites (N-methyl/N-ethyl adjacent to an activating group) is 1. The van der Waals surface area contributed by atoms with Gasteiger partial charge in [-0.25, -0.2) is 8.42 Å². The maximum Gasteiger partial charge on any atom is 0.246 e. The first kappa shape index (κ1) is 14.5. The second kappa shape index (κ2) is 5.60. The van der Waals surface area contributed by atoms with Crippen LogP contribution in [0.5, 0.6) is 0 Å². The predicted molar refractivity (Wildman–Crippen MR) is 71.4 cm³/mol. The fourth-order valence-electron chi connectivity index (χ4n) is 2.50. The van der Waals surface area contributed by atoms with Gasteiger partial charge in [0.25, 0.3) is 0 Å². The van der Waals surface area contributed by atoms with E-state index in [1.54, 1.807) is 17.8 Å². The average molecular weight is 287 g/mol. The van der Waals surface area contributed by atoms with Crippen molar-refractivity contribution < 1.29 is 13.5 Å². The summed E-state index contributed by atoms with van der Waals surface area (Å²) in [5.41, 5.74) is 0.525. The van der Waals surface area contributed by atoms with Crippen molar-refractivity contribution in [1.29, 1.82) is 0 Å². The minimum atomic E-state index is -3.55. The zero-order valence-electron chi connectivity index (χ0n) is 11.4. The lowest BCUT2D eigenvalue weighted by Crippen LogP contribution is -2.29. The van der Waals surface area contributed by atoms with Crippen molar-refractivity contribution in [2.75, 3.05) is 20.2 Å². The monoisotopic (exact) mass is 287 g/mol. The van der Waals surface area contributed by atoms with Crippen LogP contribution in [0.3, 0.4) is 0 Å². The Kier molecular flexibility index (Phi) is 4.27. The van der Waals surface area contributed by atoms with Crippen molar-refractivity contribution in [3.63, 3.8) is 0 Å². The molecular weight excluding hydrogens is 266 g/mol. The van der Waals surface area contributed by atoms with Gasteiger partial charge in [0.15, 0.2) is 0 Å². The summed E-state index contributed by atoms with van der Waals surface area (Å²) in [7, 11) is -2.08. The van der Waals surface area contributed by atoms with E-state index in [4.69, 9.17) is 5.11 Å². The van der Waals surface area contributed by atoms with Crippen LogP contribution in [0.15, 0.2) is 11.1 Å². The van der Waals surface area contributed by atoms with E-state index in [0.717, 1.165) is 17.1 Å². The van der Waals surface area contributed by atoms with Gasteiger partial charge in [-0.1, -0.05) is 12.8 Å². The zero-order chi connectivity index (χ0) is 14.0. The van der Waals surface area contributed by atoms with Crippen LogP contribution in [0.25, 0.3) is 0 Å². The first-order valence-corrected chi connectivity index (χ1v) is 8.03. The van der Waals surface area contributed by atoms with Crippen molar-refractivity contribution in [1.82, 2.24) is 14.1 Å². The standard InChI is InChI=1S/C12H21N3O3S/c1-10-12(19(17,18)14(2)7-8-16)9-15(13-10)11-5-3-4-6-11/h9,11,16H,3-8H2,1-2H3. The molecule has 1 heterocycles. The van der Waals surface area contributed by atoms with Gasteiger partial charge in [0.05, 0.1) is 18.3 Å². The van der Waals surface area contributed by atoms with Gasteiger partial charge in [0.1, 0.15) is 4.90 Å². The molecule has 0 atom stereocenters. The molecule has 0 aliphatic heterocycles. The Bertz CT molecular complexity index is 532. The minimum absolute atomic E-state index is 0.0936. The van der Waals surface area contributed by atoms with Gasteiger partial charge in [0.2, 0.25) is 10.0 Å². The molecule has 1 aliphatic rings. The first-order chi connectivity index (χ1) is 8.96. The highest BCUT2D eigenvalue weighted by Crippen LogP contribution is 2.30. The summed E-state index contributed by atoms with van der Waals surface area (Å²) in [6.07, 6.45) is 6.11. The SMILES string of the molecule is Cc1nn(C2CCCC2)cc1S(=O)(=O)N(C)CCO. The second-order valence-electron chi connectivity index (χ2n) is 5.05. The molecule has 0 bridgehead atoms. The number of hydrogen-bond acceptors (Lipinski definition) is 4. The first-order valence-electron chi connectivity index (χ1n) is 6.59. The van der Waals surface area contributed by atoms with E-state index in [9.17, 15) is 8.42 Å². The van der Waals surface area contributed by atoms with Gasteiger partial charge < -0.3 is 5.11 Å². The Hall–Kier alpha value is -0.920. The van der Waals surface area contributed by atoms with Crippen LogP contribution in [0.1, 0.15) is 37.4 Å². The number of aromatic nitrogens is 2. The third-order valence-electron chi connectivity index (χ3n) is 3.67. The third-order valence-corrected chi connectivity index (χ3v) is 5.63. The Morgan fingerprint density at radius 2 is 2.11 bits per heavy atom. The fraction of sp³-hybridized carbons (Fsp3) is 0.750. The van der Waals surface area contributed by atoms with Crippen LogP contribution in [0, 0.1) is 6.92 Å². The number of rotatable bonds is 5. The molecule has 0 unspecified atom stereocenters. The molecule has 1 N–H and O–H groups in total. The Morgan fingerprint density at radius 3 is 2.68 bits per heavy atom. The summed E-state index contributed by atoms with van der Waals surface area (Å²) >= 11 is 0. The molecule has 0 amide bonds. The summed E-state index contributed by atoms with van der Waals surface area (Å²) in [4.78, 5) is 0.246. The Labute approximate surface area is 114 Å². The van der Waals surface area contributed by atoms with Crippen LogP contribution >= 0.6 is 0 Å². The quantitative estimate of drug-likeness (QED) is 0.874. The summed E-state index contributed by atoms with van der Waals surface area (Å²) in [5.74, 6) is 0. The van der Waals surface area contributed by atoms with Gasteiger partial charge in [-0.15, -0.1) is 0 Å². The maximum atomic E-state index is 12.3. The molecule has 1 fully saturated rings. The average Bonchev–Trinajstić information content (AvgIpc) is 2.97. The van der Waals surface area contributed by atoms with E-state index < -0.39 is 10.0 Å². The van der Waals surface area contributed by atoms with E-state index in [1.807, 2.05) is 0 Å². The van der Waals surface area contributed by atoms with Gasteiger partial charge in [-0.05, 0) is 19.8 Å². The second-order valence-corrected chi connectivity index (χ2v) is 7.06. The van der Waals surface area contributed by atoms with Crippen molar-refractivity contribution in [2.24, 2.45) is 0 Å². The Balaban J connectivity index is 2.29. The number of aliphatic hydroxyl groups is 1.